The molecule has 0 aliphatic rings. The van der Waals surface area contributed by atoms with Gasteiger partial charge in [-0.1, -0.05) is 64.0 Å². The monoisotopic (exact) mass is 402 g/mol. The Bertz CT molecular complexity index is 829. The van der Waals surface area contributed by atoms with Crippen LogP contribution in [0.3, 0.4) is 0 Å². The lowest BCUT2D eigenvalue weighted by Gasteiger charge is -2.03. The predicted octanol–water partition coefficient (Wildman–Crippen LogP) is 7.03. The molecule has 0 saturated heterocycles. The molecule has 0 aromatic heterocycles. The van der Waals surface area contributed by atoms with Gasteiger partial charge in [0.25, 0.3) is 10.1 Å². The summed E-state index contributed by atoms with van der Waals surface area (Å²) in [6, 6.07) is 13.7. The van der Waals surface area contributed by atoms with Crippen molar-refractivity contribution in [3.63, 3.8) is 0 Å². The van der Waals surface area contributed by atoms with Gasteiger partial charge in [0.15, 0.2) is 0 Å². The fourth-order valence-electron chi connectivity index (χ4n) is 2.99. The predicted molar refractivity (Wildman–Crippen MR) is 113 cm³/mol. The maximum absolute atomic E-state index is 11.0. The summed E-state index contributed by atoms with van der Waals surface area (Å²) in [6.45, 7) is 2.25. The Kier molecular flexibility index (Phi) is 9.31. The molecular formula is C22H30N2O3S. The second-order valence-electron chi connectivity index (χ2n) is 7.06. The van der Waals surface area contributed by atoms with E-state index in [0.29, 0.717) is 5.69 Å². The van der Waals surface area contributed by atoms with E-state index in [9.17, 15) is 8.42 Å². The summed E-state index contributed by atoms with van der Waals surface area (Å²) in [6.07, 6.45) is 11.7. The molecule has 0 bridgehead atoms. The molecule has 0 aliphatic carbocycles. The van der Waals surface area contributed by atoms with Crippen LogP contribution in [0.2, 0.25) is 0 Å². The maximum Gasteiger partial charge on any atom is 0.294 e. The molecule has 0 aliphatic heterocycles. The zero-order chi connectivity index (χ0) is 20.2. The highest BCUT2D eigenvalue weighted by molar-refractivity contribution is 7.85. The van der Waals surface area contributed by atoms with Gasteiger partial charge in [-0.05, 0) is 54.8 Å². The van der Waals surface area contributed by atoms with Crippen molar-refractivity contribution in [2.75, 3.05) is 0 Å². The lowest BCUT2D eigenvalue weighted by molar-refractivity contribution is 0.483. The smallest absolute Gasteiger partial charge is 0.282 e. The molecular weight excluding hydrogens is 372 g/mol. The first-order valence-corrected chi connectivity index (χ1v) is 11.5. The van der Waals surface area contributed by atoms with E-state index in [0.717, 1.165) is 12.1 Å². The third-order valence-corrected chi connectivity index (χ3v) is 5.54. The standard InChI is InChI=1S/C22H30N2O3S/c1-2-3-4-5-6-7-8-9-10-19-11-13-20(14-12-19)23-24-21-15-17-22(18-16-21)28(25,26)27/h11-18H,2-10H2,1H3,(H,25,26,27). The summed E-state index contributed by atoms with van der Waals surface area (Å²) in [4.78, 5) is -0.156. The van der Waals surface area contributed by atoms with Gasteiger partial charge >= 0.3 is 0 Å². The van der Waals surface area contributed by atoms with E-state index in [1.165, 1.54) is 81.2 Å². The molecule has 0 fully saturated rings. The minimum atomic E-state index is -4.18. The molecule has 0 radical (unpaired) electrons. The number of hydrogen-bond donors (Lipinski definition) is 1. The van der Waals surface area contributed by atoms with Crippen LogP contribution in [-0.2, 0) is 16.5 Å². The number of azo groups is 1. The first-order valence-electron chi connectivity index (χ1n) is 10.1. The highest BCUT2D eigenvalue weighted by Crippen LogP contribution is 2.21. The Labute approximate surface area is 168 Å². The molecule has 2 aromatic carbocycles. The minimum absolute atomic E-state index is 0.156. The number of benzene rings is 2. The molecule has 0 atom stereocenters. The molecule has 152 valence electrons. The molecule has 0 saturated carbocycles. The Balaban J connectivity index is 1.74. The molecule has 5 nitrogen and oxygen atoms in total. The number of aryl methyl sites for hydroxylation is 1. The number of hydrogen-bond acceptors (Lipinski definition) is 4. The van der Waals surface area contributed by atoms with Crippen molar-refractivity contribution in [1.29, 1.82) is 0 Å². The fraction of sp³-hybridized carbons (Fsp3) is 0.455. The van der Waals surface area contributed by atoms with E-state index >= 15 is 0 Å². The van der Waals surface area contributed by atoms with E-state index in [1.54, 1.807) is 0 Å². The number of nitrogens with zero attached hydrogens (tertiary/aromatic N) is 2. The van der Waals surface area contributed by atoms with Crippen LogP contribution in [-0.4, -0.2) is 13.0 Å². The van der Waals surface area contributed by atoms with Gasteiger partial charge in [0.05, 0.1) is 16.3 Å². The highest BCUT2D eigenvalue weighted by atomic mass is 32.2. The normalized spacial score (nSPS) is 11.9. The van der Waals surface area contributed by atoms with E-state index in [1.807, 2.05) is 12.1 Å². The molecule has 6 heteroatoms. The molecule has 0 unspecified atom stereocenters. The largest absolute Gasteiger partial charge is 0.294 e. The van der Waals surface area contributed by atoms with Crippen LogP contribution in [0.15, 0.2) is 63.7 Å². The van der Waals surface area contributed by atoms with Crippen LogP contribution in [0.5, 0.6) is 0 Å². The zero-order valence-corrected chi connectivity index (χ0v) is 17.4. The lowest BCUT2D eigenvalue weighted by atomic mass is 10.0. The Morgan fingerprint density at radius 3 is 1.68 bits per heavy atom. The SMILES string of the molecule is CCCCCCCCCCc1ccc(N=Nc2ccc(S(=O)(=O)O)cc2)cc1. The quantitative estimate of drug-likeness (QED) is 0.235. The van der Waals surface area contributed by atoms with Crippen molar-refractivity contribution < 1.29 is 13.0 Å². The van der Waals surface area contributed by atoms with Crippen LogP contribution in [0, 0.1) is 0 Å². The van der Waals surface area contributed by atoms with Crippen molar-refractivity contribution in [2.24, 2.45) is 10.2 Å². The van der Waals surface area contributed by atoms with Gasteiger partial charge in [-0.2, -0.15) is 18.6 Å². The van der Waals surface area contributed by atoms with Crippen molar-refractivity contribution >= 4 is 21.5 Å². The Morgan fingerprint density at radius 1 is 0.714 bits per heavy atom. The maximum atomic E-state index is 11.0. The second-order valence-corrected chi connectivity index (χ2v) is 8.48. The van der Waals surface area contributed by atoms with Crippen molar-refractivity contribution in [3.05, 3.63) is 54.1 Å². The molecule has 2 rings (SSSR count). The average molecular weight is 403 g/mol. The zero-order valence-electron chi connectivity index (χ0n) is 16.5. The second kappa shape index (κ2) is 11.7. The van der Waals surface area contributed by atoms with Crippen LogP contribution in [0.4, 0.5) is 11.4 Å². The van der Waals surface area contributed by atoms with Crippen molar-refractivity contribution in [1.82, 2.24) is 0 Å². The highest BCUT2D eigenvalue weighted by Gasteiger charge is 2.08. The molecule has 0 spiro atoms. The van der Waals surface area contributed by atoms with Gasteiger partial charge < -0.3 is 0 Å². The topological polar surface area (TPSA) is 79.1 Å². The first kappa shape index (κ1) is 22.2. The molecule has 0 heterocycles. The fourth-order valence-corrected chi connectivity index (χ4v) is 3.47. The van der Waals surface area contributed by atoms with E-state index in [2.05, 4.69) is 29.3 Å². The molecule has 1 N–H and O–H groups in total. The van der Waals surface area contributed by atoms with E-state index in [-0.39, 0.29) is 4.90 Å². The summed E-state index contributed by atoms with van der Waals surface area (Å²) in [5, 5.41) is 8.26. The van der Waals surface area contributed by atoms with Gasteiger partial charge in [0, 0.05) is 0 Å². The molecule has 2 aromatic rings. The van der Waals surface area contributed by atoms with Gasteiger partial charge in [0.1, 0.15) is 0 Å². The third-order valence-electron chi connectivity index (χ3n) is 4.67. The van der Waals surface area contributed by atoms with Crippen molar-refractivity contribution in [3.8, 4) is 0 Å². The van der Waals surface area contributed by atoms with E-state index in [4.69, 9.17) is 4.55 Å². The first-order chi connectivity index (χ1) is 13.5. The summed E-state index contributed by atoms with van der Waals surface area (Å²) in [5.74, 6) is 0. The minimum Gasteiger partial charge on any atom is -0.282 e. The summed E-state index contributed by atoms with van der Waals surface area (Å²) < 4.78 is 31.0. The summed E-state index contributed by atoms with van der Waals surface area (Å²) in [5.41, 5.74) is 2.58. The molecule has 0 amide bonds. The molecule has 28 heavy (non-hydrogen) atoms. The summed E-state index contributed by atoms with van der Waals surface area (Å²) in [7, 11) is -4.18. The third kappa shape index (κ3) is 8.31. The van der Waals surface area contributed by atoms with Crippen LogP contribution in [0.1, 0.15) is 63.9 Å². The van der Waals surface area contributed by atoms with Crippen LogP contribution in [0.25, 0.3) is 0 Å². The van der Waals surface area contributed by atoms with Crippen LogP contribution < -0.4 is 0 Å². The van der Waals surface area contributed by atoms with Gasteiger partial charge in [-0.25, -0.2) is 0 Å². The van der Waals surface area contributed by atoms with E-state index < -0.39 is 10.1 Å². The Morgan fingerprint density at radius 2 is 1.18 bits per heavy atom. The average Bonchev–Trinajstić information content (AvgIpc) is 2.69. The van der Waals surface area contributed by atoms with Crippen LogP contribution >= 0.6 is 0 Å². The number of rotatable bonds is 12. The van der Waals surface area contributed by atoms with Gasteiger partial charge in [-0.15, -0.1) is 0 Å². The van der Waals surface area contributed by atoms with Gasteiger partial charge in [-0.3, -0.25) is 4.55 Å². The van der Waals surface area contributed by atoms with Crippen molar-refractivity contribution in [2.45, 2.75) is 69.6 Å². The Hall–Kier alpha value is -2.05. The lowest BCUT2D eigenvalue weighted by Crippen LogP contribution is -1.96. The van der Waals surface area contributed by atoms with Gasteiger partial charge in [0.2, 0.25) is 0 Å². The summed E-state index contributed by atoms with van der Waals surface area (Å²) >= 11 is 0. The number of unbranched alkanes of at least 4 members (excludes halogenated alkanes) is 7.